The van der Waals surface area contributed by atoms with E-state index in [1.165, 1.54) is 0 Å². The zero-order valence-corrected chi connectivity index (χ0v) is 18.1. The van der Waals surface area contributed by atoms with E-state index < -0.39 is 12.1 Å². The van der Waals surface area contributed by atoms with Crippen LogP contribution in [0.3, 0.4) is 0 Å². The second-order valence-corrected chi connectivity index (χ2v) is 8.47. The molecule has 4 atom stereocenters. The van der Waals surface area contributed by atoms with Gasteiger partial charge in [-0.25, -0.2) is 9.36 Å². The summed E-state index contributed by atoms with van der Waals surface area (Å²) in [6.45, 7) is 4.18. The Hall–Kier alpha value is -3.54. The number of pyridine rings is 2. The van der Waals surface area contributed by atoms with Crippen molar-refractivity contribution in [1.29, 1.82) is 0 Å². The summed E-state index contributed by atoms with van der Waals surface area (Å²) in [4.78, 5) is 8.70. The maximum absolute atomic E-state index is 6.27. The summed E-state index contributed by atoms with van der Waals surface area (Å²) in [6, 6.07) is 11.1. The molecule has 6 heterocycles. The van der Waals surface area contributed by atoms with Gasteiger partial charge in [-0.05, 0) is 38.1 Å². The molecule has 0 saturated carbocycles. The molecule has 2 aliphatic heterocycles. The highest BCUT2D eigenvalue weighted by Gasteiger charge is 2.56. The lowest BCUT2D eigenvalue weighted by Crippen LogP contribution is -2.34. The van der Waals surface area contributed by atoms with E-state index in [2.05, 4.69) is 30.6 Å². The summed E-state index contributed by atoms with van der Waals surface area (Å²) in [5.41, 5.74) is 2.87. The summed E-state index contributed by atoms with van der Waals surface area (Å²) in [6.07, 6.45) is 5.98. The van der Waals surface area contributed by atoms with Crippen molar-refractivity contribution < 1.29 is 14.2 Å². The van der Waals surface area contributed by atoms with Crippen LogP contribution in [0.15, 0.2) is 61.2 Å². The van der Waals surface area contributed by atoms with Gasteiger partial charge in [0.15, 0.2) is 12.1 Å². The van der Waals surface area contributed by atoms with Gasteiger partial charge in [-0.15, -0.1) is 10.2 Å². The molecule has 0 amide bonds. The molecule has 4 aromatic rings. The van der Waals surface area contributed by atoms with E-state index >= 15 is 0 Å². The number of rotatable bonds is 5. The molecular formula is C22H22N8O3. The lowest BCUT2D eigenvalue weighted by atomic mass is 10.1. The van der Waals surface area contributed by atoms with Crippen LogP contribution in [-0.2, 0) is 20.8 Å². The van der Waals surface area contributed by atoms with Crippen LogP contribution in [0.5, 0.6) is 0 Å². The molecule has 0 radical (unpaired) electrons. The van der Waals surface area contributed by atoms with Gasteiger partial charge in [-0.2, -0.15) is 0 Å². The van der Waals surface area contributed by atoms with Crippen molar-refractivity contribution in [3.63, 3.8) is 0 Å². The fraction of sp³-hybridized carbons (Fsp3) is 0.364. The van der Waals surface area contributed by atoms with E-state index in [-0.39, 0.29) is 18.2 Å². The molecule has 2 saturated heterocycles. The van der Waals surface area contributed by atoms with Crippen molar-refractivity contribution in [2.45, 2.75) is 50.7 Å². The van der Waals surface area contributed by atoms with E-state index in [4.69, 9.17) is 14.2 Å². The van der Waals surface area contributed by atoms with Crippen molar-refractivity contribution in [2.75, 3.05) is 0 Å². The van der Waals surface area contributed by atoms with Crippen LogP contribution in [0.25, 0.3) is 22.8 Å². The van der Waals surface area contributed by atoms with Crippen LogP contribution in [0.1, 0.15) is 19.9 Å². The van der Waals surface area contributed by atoms with Crippen molar-refractivity contribution in [1.82, 2.24) is 40.0 Å². The molecule has 0 aromatic carbocycles. The van der Waals surface area contributed by atoms with Gasteiger partial charge in [-0.1, -0.05) is 22.6 Å². The molecule has 2 fully saturated rings. The maximum atomic E-state index is 6.27. The number of aromatic nitrogens is 8. The van der Waals surface area contributed by atoms with E-state index in [1.54, 1.807) is 21.8 Å². The Kier molecular flexibility index (Phi) is 4.75. The first-order chi connectivity index (χ1) is 16.1. The van der Waals surface area contributed by atoms with Crippen LogP contribution < -0.4 is 0 Å². The number of ether oxygens (including phenoxy) is 3. The maximum Gasteiger partial charge on any atom is 0.189 e. The predicted octanol–water partition coefficient (Wildman–Crippen LogP) is 2.11. The van der Waals surface area contributed by atoms with Crippen molar-refractivity contribution in [3.8, 4) is 22.8 Å². The molecule has 6 rings (SSSR count). The molecular weight excluding hydrogens is 424 g/mol. The average Bonchev–Trinajstić information content (AvgIpc) is 3.59. The second kappa shape index (κ2) is 7.80. The minimum atomic E-state index is -0.748. The summed E-state index contributed by atoms with van der Waals surface area (Å²) in [5.74, 6) is -0.748. The number of hydrogen-bond acceptors (Lipinski definition) is 9. The highest BCUT2D eigenvalue weighted by atomic mass is 16.8. The largest absolute Gasteiger partial charge is 0.342 e. The van der Waals surface area contributed by atoms with Gasteiger partial charge in [0.1, 0.15) is 29.6 Å². The van der Waals surface area contributed by atoms with E-state index in [1.807, 2.05) is 62.6 Å². The van der Waals surface area contributed by atoms with Gasteiger partial charge in [0.2, 0.25) is 0 Å². The first kappa shape index (κ1) is 20.1. The number of hydrogen-bond donors (Lipinski definition) is 0. The third-order valence-corrected chi connectivity index (χ3v) is 5.69. The normalized spacial score (nSPS) is 25.9. The minimum absolute atomic E-state index is 0.274. The first-order valence-electron chi connectivity index (χ1n) is 10.7. The smallest absolute Gasteiger partial charge is 0.189 e. The van der Waals surface area contributed by atoms with E-state index in [0.29, 0.717) is 17.9 Å². The quantitative estimate of drug-likeness (QED) is 0.454. The summed E-state index contributed by atoms with van der Waals surface area (Å²) in [7, 11) is 0. The topological polar surface area (TPSA) is 115 Å². The Bertz CT molecular complexity index is 1240. The lowest BCUT2D eigenvalue weighted by Gasteiger charge is -2.25. The van der Waals surface area contributed by atoms with Crippen molar-refractivity contribution in [2.24, 2.45) is 0 Å². The molecule has 11 nitrogen and oxygen atoms in total. The van der Waals surface area contributed by atoms with E-state index in [0.717, 1.165) is 11.4 Å². The van der Waals surface area contributed by atoms with Crippen molar-refractivity contribution >= 4 is 0 Å². The van der Waals surface area contributed by atoms with E-state index in [9.17, 15) is 0 Å². The van der Waals surface area contributed by atoms with Crippen LogP contribution in [0.2, 0.25) is 0 Å². The summed E-state index contributed by atoms with van der Waals surface area (Å²) >= 11 is 0. The molecule has 2 aliphatic rings. The SMILES string of the molecule is CC1(C)O[C@H]2O[C@H](Cn3cc(-c4ccccn4)nn3)[C@H](n3cc(-c4ccccn4)nn3)[C@H]2O1. The molecule has 0 bridgehead atoms. The highest BCUT2D eigenvalue weighted by Crippen LogP contribution is 2.43. The molecule has 168 valence electrons. The fourth-order valence-corrected chi connectivity index (χ4v) is 4.29. The Morgan fingerprint density at radius 2 is 1.55 bits per heavy atom. The van der Waals surface area contributed by atoms with Crippen LogP contribution in [0.4, 0.5) is 0 Å². The molecule has 33 heavy (non-hydrogen) atoms. The number of fused-ring (bicyclic) bond motifs is 1. The summed E-state index contributed by atoms with van der Waals surface area (Å²) < 4.78 is 22.0. The van der Waals surface area contributed by atoms with Crippen LogP contribution in [-0.4, -0.2) is 64.2 Å². The van der Waals surface area contributed by atoms with Gasteiger partial charge in [-0.3, -0.25) is 9.97 Å². The molecule has 11 heteroatoms. The minimum Gasteiger partial charge on any atom is -0.342 e. The lowest BCUT2D eigenvalue weighted by molar-refractivity contribution is -0.210. The van der Waals surface area contributed by atoms with Gasteiger partial charge < -0.3 is 14.2 Å². The zero-order chi connectivity index (χ0) is 22.4. The average molecular weight is 446 g/mol. The molecule has 4 aromatic heterocycles. The zero-order valence-electron chi connectivity index (χ0n) is 18.1. The Labute approximate surface area is 189 Å². The molecule has 0 aliphatic carbocycles. The fourth-order valence-electron chi connectivity index (χ4n) is 4.29. The van der Waals surface area contributed by atoms with Gasteiger partial charge in [0.05, 0.1) is 30.3 Å². The number of nitrogens with zero attached hydrogens (tertiary/aromatic N) is 8. The Morgan fingerprint density at radius 3 is 2.24 bits per heavy atom. The third kappa shape index (κ3) is 3.80. The first-order valence-corrected chi connectivity index (χ1v) is 10.7. The molecule has 0 unspecified atom stereocenters. The van der Waals surface area contributed by atoms with Gasteiger partial charge in [0.25, 0.3) is 0 Å². The predicted molar refractivity (Wildman–Crippen MR) is 114 cm³/mol. The van der Waals surface area contributed by atoms with Gasteiger partial charge >= 0.3 is 0 Å². The Morgan fingerprint density at radius 1 is 0.848 bits per heavy atom. The molecule has 0 spiro atoms. The highest BCUT2D eigenvalue weighted by molar-refractivity contribution is 5.52. The van der Waals surface area contributed by atoms with Crippen LogP contribution in [0, 0.1) is 0 Å². The Balaban J connectivity index is 1.29. The van der Waals surface area contributed by atoms with Crippen LogP contribution >= 0.6 is 0 Å². The summed E-state index contributed by atoms with van der Waals surface area (Å²) in [5, 5.41) is 17.2. The standard InChI is InChI=1S/C22H22N8O3/c1-22(2)32-20-19(30-12-17(26-28-30)15-8-4-6-10-24-15)18(31-21(20)33-22)13-29-11-16(25-27-29)14-7-3-5-9-23-14/h3-12,18-21H,13H2,1-2H3/t18-,19+,20-,21-/m1/s1. The van der Waals surface area contributed by atoms with Gasteiger partial charge in [0, 0.05) is 12.4 Å². The monoisotopic (exact) mass is 446 g/mol. The third-order valence-electron chi connectivity index (χ3n) is 5.69. The second-order valence-electron chi connectivity index (χ2n) is 8.47. The molecule has 0 N–H and O–H groups in total. The van der Waals surface area contributed by atoms with Crippen molar-refractivity contribution in [3.05, 3.63) is 61.2 Å².